The maximum Gasteiger partial charge on any atom is 0.335 e. The highest BCUT2D eigenvalue weighted by atomic mass is 35.5. The summed E-state index contributed by atoms with van der Waals surface area (Å²) in [5.74, 6) is -1.08. The van der Waals surface area contributed by atoms with Crippen LogP contribution in [0.1, 0.15) is 23.7 Å². The molecule has 0 aliphatic heterocycles. The van der Waals surface area contributed by atoms with Gasteiger partial charge in [0.1, 0.15) is 0 Å². The van der Waals surface area contributed by atoms with Gasteiger partial charge >= 0.3 is 12.0 Å². The van der Waals surface area contributed by atoms with E-state index >= 15 is 0 Å². The lowest BCUT2D eigenvalue weighted by molar-refractivity contribution is 0.0697. The van der Waals surface area contributed by atoms with Crippen LogP contribution in [-0.4, -0.2) is 23.7 Å². The normalized spacial score (nSPS) is 10.4. The van der Waals surface area contributed by atoms with Crippen molar-refractivity contribution in [1.29, 1.82) is 0 Å². The van der Waals surface area contributed by atoms with Crippen LogP contribution in [0.4, 0.5) is 10.5 Å². The summed E-state index contributed by atoms with van der Waals surface area (Å²) in [5, 5.41) is 14.3. The van der Waals surface area contributed by atoms with E-state index in [-0.39, 0.29) is 16.3 Å². The van der Waals surface area contributed by atoms with E-state index in [4.69, 9.17) is 16.7 Å². The maximum atomic E-state index is 11.6. The lowest BCUT2D eigenvalue weighted by Crippen LogP contribution is -2.29. The van der Waals surface area contributed by atoms with Crippen LogP contribution in [0.25, 0.3) is 0 Å². The molecule has 0 bridgehead atoms. The highest BCUT2D eigenvalue weighted by Gasteiger charge is 2.09. The Morgan fingerprint density at radius 1 is 1.42 bits per heavy atom. The number of benzene rings is 1. The molecule has 1 aromatic rings. The molecule has 0 spiro atoms. The van der Waals surface area contributed by atoms with Crippen LogP contribution in [0.3, 0.4) is 0 Å². The fourth-order valence-electron chi connectivity index (χ4n) is 1.36. The lowest BCUT2D eigenvalue weighted by atomic mass is 10.2. The van der Waals surface area contributed by atoms with Crippen molar-refractivity contribution in [2.24, 2.45) is 0 Å². The molecular weight excluding hydrogens is 268 g/mol. The second kappa shape index (κ2) is 7.43. The summed E-state index contributed by atoms with van der Waals surface area (Å²) in [6.45, 7) is 2.39. The second-order valence-electron chi connectivity index (χ2n) is 3.74. The Morgan fingerprint density at radius 3 is 2.79 bits per heavy atom. The van der Waals surface area contributed by atoms with Gasteiger partial charge in [0.25, 0.3) is 0 Å². The fraction of sp³-hybridized carbons (Fsp3) is 0.231. The van der Waals surface area contributed by atoms with E-state index < -0.39 is 12.0 Å². The zero-order chi connectivity index (χ0) is 14.3. The maximum absolute atomic E-state index is 11.6. The van der Waals surface area contributed by atoms with Crippen molar-refractivity contribution in [2.75, 3.05) is 11.9 Å². The number of anilines is 1. The number of urea groups is 1. The average molecular weight is 283 g/mol. The number of carboxylic acid groups (broad SMARTS) is 1. The molecule has 1 rings (SSSR count). The predicted molar refractivity (Wildman–Crippen MR) is 74.9 cm³/mol. The Morgan fingerprint density at radius 2 is 2.16 bits per heavy atom. The molecule has 1 aromatic carbocycles. The summed E-state index contributed by atoms with van der Waals surface area (Å²) in [5.41, 5.74) is 0.332. The highest BCUT2D eigenvalue weighted by molar-refractivity contribution is 6.33. The Bertz CT molecular complexity index is 501. The molecule has 0 aliphatic carbocycles. The molecule has 3 N–H and O–H groups in total. The van der Waals surface area contributed by atoms with Crippen molar-refractivity contribution in [3.63, 3.8) is 0 Å². The van der Waals surface area contributed by atoms with Crippen molar-refractivity contribution in [2.45, 2.75) is 13.3 Å². The van der Waals surface area contributed by atoms with Crippen LogP contribution >= 0.6 is 11.6 Å². The monoisotopic (exact) mass is 282 g/mol. The lowest BCUT2D eigenvalue weighted by Gasteiger charge is -2.09. The zero-order valence-corrected chi connectivity index (χ0v) is 11.2. The molecule has 2 amide bonds. The summed E-state index contributed by atoms with van der Waals surface area (Å²) >= 11 is 5.88. The number of carbonyl (C=O) groups excluding carboxylic acids is 1. The van der Waals surface area contributed by atoms with Gasteiger partial charge in [0.05, 0.1) is 16.3 Å². The number of aromatic carboxylic acids is 1. The van der Waals surface area contributed by atoms with Gasteiger partial charge < -0.3 is 15.7 Å². The first-order chi connectivity index (χ1) is 9.04. The Labute approximate surface area is 116 Å². The number of amides is 2. The van der Waals surface area contributed by atoms with E-state index in [9.17, 15) is 9.59 Å². The first-order valence-electron chi connectivity index (χ1n) is 5.73. The molecule has 0 fully saturated rings. The van der Waals surface area contributed by atoms with Gasteiger partial charge in [0, 0.05) is 6.54 Å². The minimum atomic E-state index is -1.08. The third-order valence-electron chi connectivity index (χ3n) is 2.29. The average Bonchev–Trinajstić information content (AvgIpc) is 2.37. The molecule has 5 nitrogen and oxygen atoms in total. The summed E-state index contributed by atoms with van der Waals surface area (Å²) < 4.78 is 0. The molecule has 102 valence electrons. The molecule has 6 heteroatoms. The highest BCUT2D eigenvalue weighted by Crippen LogP contribution is 2.22. The predicted octanol–water partition coefficient (Wildman–Crippen LogP) is 3.13. The second-order valence-corrected chi connectivity index (χ2v) is 4.15. The van der Waals surface area contributed by atoms with E-state index in [1.165, 1.54) is 18.2 Å². The molecule has 0 saturated heterocycles. The first kappa shape index (κ1) is 15.0. The molecule has 0 unspecified atom stereocenters. The van der Waals surface area contributed by atoms with Gasteiger partial charge in [0.2, 0.25) is 0 Å². The largest absolute Gasteiger partial charge is 0.478 e. The number of nitrogens with one attached hydrogen (secondary N) is 2. The number of hydrogen-bond donors (Lipinski definition) is 3. The topological polar surface area (TPSA) is 78.4 Å². The van der Waals surface area contributed by atoms with Crippen LogP contribution in [0.15, 0.2) is 30.4 Å². The van der Waals surface area contributed by atoms with Crippen molar-refractivity contribution < 1.29 is 14.7 Å². The van der Waals surface area contributed by atoms with Crippen LogP contribution in [0, 0.1) is 0 Å². The fourth-order valence-corrected chi connectivity index (χ4v) is 1.52. The number of halogens is 1. The van der Waals surface area contributed by atoms with Gasteiger partial charge in [-0.1, -0.05) is 23.8 Å². The van der Waals surface area contributed by atoms with Crippen LogP contribution < -0.4 is 10.6 Å². The van der Waals surface area contributed by atoms with E-state index in [0.717, 1.165) is 6.42 Å². The van der Waals surface area contributed by atoms with Crippen molar-refractivity contribution in [3.05, 3.63) is 40.9 Å². The Kier molecular flexibility index (Phi) is 5.89. The number of rotatable bonds is 5. The van der Waals surface area contributed by atoms with Crippen molar-refractivity contribution in [1.82, 2.24) is 5.32 Å². The standard InChI is InChI=1S/C13H15ClN2O3/c1-2-3-4-7-15-13(19)16-11-8-9(12(17)18)5-6-10(11)14/h2-3,5-6,8H,4,7H2,1H3,(H,17,18)(H2,15,16,19)/b3-2+. The third kappa shape index (κ3) is 5.01. The third-order valence-corrected chi connectivity index (χ3v) is 2.62. The van der Waals surface area contributed by atoms with Gasteiger partial charge in [-0.3, -0.25) is 0 Å². The smallest absolute Gasteiger partial charge is 0.335 e. The molecular formula is C13H15ClN2O3. The van der Waals surface area contributed by atoms with Gasteiger partial charge in [-0.25, -0.2) is 9.59 Å². The van der Waals surface area contributed by atoms with Gasteiger partial charge in [-0.2, -0.15) is 0 Å². The summed E-state index contributed by atoms with van der Waals surface area (Å²) in [6, 6.07) is 3.70. The Hall–Kier alpha value is -2.01. The van der Waals surface area contributed by atoms with Gasteiger partial charge in [-0.05, 0) is 31.5 Å². The van der Waals surface area contributed by atoms with Crippen LogP contribution in [0.5, 0.6) is 0 Å². The minimum absolute atomic E-state index is 0.0635. The number of carbonyl (C=O) groups is 2. The summed E-state index contributed by atoms with van der Waals surface area (Å²) in [4.78, 5) is 22.4. The van der Waals surface area contributed by atoms with Gasteiger partial charge in [-0.15, -0.1) is 0 Å². The van der Waals surface area contributed by atoms with E-state index in [1.54, 1.807) is 0 Å². The van der Waals surface area contributed by atoms with Crippen molar-refractivity contribution in [3.8, 4) is 0 Å². The van der Waals surface area contributed by atoms with Gasteiger partial charge in [0.15, 0.2) is 0 Å². The van der Waals surface area contributed by atoms with Crippen molar-refractivity contribution >= 4 is 29.3 Å². The quantitative estimate of drug-likeness (QED) is 0.573. The molecule has 0 aromatic heterocycles. The summed E-state index contributed by atoms with van der Waals surface area (Å²) in [6.07, 6.45) is 4.55. The van der Waals surface area contributed by atoms with Crippen LogP contribution in [0.2, 0.25) is 5.02 Å². The summed E-state index contributed by atoms with van der Waals surface area (Å²) in [7, 11) is 0. The van der Waals surface area contributed by atoms with E-state index in [2.05, 4.69) is 10.6 Å². The minimum Gasteiger partial charge on any atom is -0.478 e. The molecule has 0 heterocycles. The SMILES string of the molecule is C/C=C/CCNC(=O)Nc1cc(C(=O)O)ccc1Cl. The molecule has 0 atom stereocenters. The van der Waals surface area contributed by atoms with E-state index in [1.807, 2.05) is 19.1 Å². The van der Waals surface area contributed by atoms with E-state index in [0.29, 0.717) is 6.54 Å². The first-order valence-corrected chi connectivity index (χ1v) is 6.11. The number of hydrogen-bond acceptors (Lipinski definition) is 2. The molecule has 0 saturated carbocycles. The number of carboxylic acids is 1. The molecule has 19 heavy (non-hydrogen) atoms. The molecule has 0 radical (unpaired) electrons. The van der Waals surface area contributed by atoms with Crippen LogP contribution in [-0.2, 0) is 0 Å². The Balaban J connectivity index is 2.63. The number of allylic oxidation sites excluding steroid dienone is 1. The zero-order valence-electron chi connectivity index (χ0n) is 10.4. The molecule has 0 aliphatic rings.